The molecule has 0 saturated heterocycles. The van der Waals surface area contributed by atoms with Crippen LogP contribution in [0, 0.1) is 0 Å². The second-order valence-corrected chi connectivity index (χ2v) is 5.86. The zero-order valence-electron chi connectivity index (χ0n) is 14.3. The highest BCUT2D eigenvalue weighted by Gasteiger charge is 2.02. The molecular weight excluding hydrogens is 308 g/mol. The number of ether oxygens (including phenoxy) is 1. The van der Waals surface area contributed by atoms with Gasteiger partial charge in [-0.1, -0.05) is 72.8 Å². The summed E-state index contributed by atoms with van der Waals surface area (Å²) in [7, 11) is 0. The predicted molar refractivity (Wildman–Crippen MR) is 104 cm³/mol. The molecule has 0 atom stereocenters. The Morgan fingerprint density at radius 1 is 0.640 bits per heavy atom. The third-order valence-corrected chi connectivity index (χ3v) is 3.91. The molecule has 0 heterocycles. The van der Waals surface area contributed by atoms with Gasteiger partial charge in [0.05, 0.1) is 5.69 Å². The van der Waals surface area contributed by atoms with Crippen LogP contribution in [-0.4, -0.2) is 13.1 Å². The van der Waals surface area contributed by atoms with Crippen molar-refractivity contribution in [2.75, 3.05) is 18.4 Å². The summed E-state index contributed by atoms with van der Waals surface area (Å²) in [6.45, 7) is 3.20. The number of para-hydroxylation sites is 2. The normalized spacial score (nSPS) is 10.4. The molecule has 0 amide bonds. The molecule has 3 aromatic rings. The fraction of sp³-hybridized carbons (Fsp3) is 0.182. The summed E-state index contributed by atoms with van der Waals surface area (Å²) in [5.41, 5.74) is 3.50. The maximum Gasteiger partial charge on any atom is 0.142 e. The van der Waals surface area contributed by atoms with E-state index in [-0.39, 0.29) is 0 Å². The molecule has 0 unspecified atom stereocenters. The van der Waals surface area contributed by atoms with E-state index in [4.69, 9.17) is 4.74 Å². The van der Waals surface area contributed by atoms with Gasteiger partial charge in [0, 0.05) is 19.6 Å². The summed E-state index contributed by atoms with van der Waals surface area (Å²) >= 11 is 0. The van der Waals surface area contributed by atoms with Crippen molar-refractivity contribution in [3.8, 4) is 5.75 Å². The average Bonchev–Trinajstić information content (AvgIpc) is 2.68. The molecule has 3 nitrogen and oxygen atoms in total. The fourth-order valence-electron chi connectivity index (χ4n) is 2.59. The average molecular weight is 332 g/mol. The van der Waals surface area contributed by atoms with Crippen LogP contribution in [0.1, 0.15) is 11.1 Å². The zero-order valence-corrected chi connectivity index (χ0v) is 14.3. The highest BCUT2D eigenvalue weighted by molar-refractivity contribution is 5.56. The monoisotopic (exact) mass is 332 g/mol. The molecule has 2 N–H and O–H groups in total. The van der Waals surface area contributed by atoms with Crippen molar-refractivity contribution in [3.63, 3.8) is 0 Å². The Hall–Kier alpha value is -2.78. The van der Waals surface area contributed by atoms with E-state index in [1.165, 1.54) is 11.1 Å². The summed E-state index contributed by atoms with van der Waals surface area (Å²) in [6.07, 6.45) is 0. The van der Waals surface area contributed by atoms with Crippen molar-refractivity contribution >= 4 is 5.69 Å². The van der Waals surface area contributed by atoms with Crippen molar-refractivity contribution in [1.29, 1.82) is 0 Å². The highest BCUT2D eigenvalue weighted by Crippen LogP contribution is 2.24. The summed E-state index contributed by atoms with van der Waals surface area (Å²) in [6, 6.07) is 28.7. The quantitative estimate of drug-likeness (QED) is 0.567. The maximum atomic E-state index is 5.97. The van der Waals surface area contributed by atoms with Crippen LogP contribution in [0.2, 0.25) is 0 Å². The first-order valence-electron chi connectivity index (χ1n) is 8.66. The first-order chi connectivity index (χ1) is 12.4. The van der Waals surface area contributed by atoms with E-state index in [1.54, 1.807) is 0 Å². The van der Waals surface area contributed by atoms with E-state index < -0.39 is 0 Å². The van der Waals surface area contributed by atoms with Gasteiger partial charge in [0.15, 0.2) is 0 Å². The number of rotatable bonds is 9. The smallest absolute Gasteiger partial charge is 0.142 e. The van der Waals surface area contributed by atoms with E-state index in [0.29, 0.717) is 6.61 Å². The minimum atomic E-state index is 0.575. The maximum absolute atomic E-state index is 5.97. The van der Waals surface area contributed by atoms with Crippen LogP contribution in [0.3, 0.4) is 0 Å². The SMILES string of the molecule is c1ccc(CNCCNc2ccccc2OCc2ccccc2)cc1. The highest BCUT2D eigenvalue weighted by atomic mass is 16.5. The third-order valence-electron chi connectivity index (χ3n) is 3.91. The summed E-state index contributed by atoms with van der Waals surface area (Å²) in [5, 5.41) is 6.89. The second-order valence-electron chi connectivity index (χ2n) is 5.86. The Morgan fingerprint density at radius 2 is 1.28 bits per heavy atom. The Labute approximate surface area is 149 Å². The Morgan fingerprint density at radius 3 is 2.04 bits per heavy atom. The molecule has 0 aromatic heterocycles. The fourth-order valence-corrected chi connectivity index (χ4v) is 2.59. The van der Waals surface area contributed by atoms with Crippen LogP contribution in [0.4, 0.5) is 5.69 Å². The summed E-state index contributed by atoms with van der Waals surface area (Å²) in [5.74, 6) is 0.884. The van der Waals surface area contributed by atoms with Crippen molar-refractivity contribution in [2.45, 2.75) is 13.2 Å². The van der Waals surface area contributed by atoms with E-state index >= 15 is 0 Å². The van der Waals surface area contributed by atoms with Gasteiger partial charge in [0.2, 0.25) is 0 Å². The van der Waals surface area contributed by atoms with E-state index in [0.717, 1.165) is 31.1 Å². The molecule has 0 bridgehead atoms. The van der Waals surface area contributed by atoms with Crippen LogP contribution in [0.15, 0.2) is 84.9 Å². The molecule has 25 heavy (non-hydrogen) atoms. The lowest BCUT2D eigenvalue weighted by molar-refractivity contribution is 0.307. The second kappa shape index (κ2) is 9.50. The molecule has 0 aliphatic rings. The first-order valence-corrected chi connectivity index (χ1v) is 8.66. The number of nitrogens with one attached hydrogen (secondary N) is 2. The Balaban J connectivity index is 1.44. The number of anilines is 1. The van der Waals surface area contributed by atoms with Gasteiger partial charge >= 0.3 is 0 Å². The van der Waals surface area contributed by atoms with Gasteiger partial charge in [-0.2, -0.15) is 0 Å². The summed E-state index contributed by atoms with van der Waals surface area (Å²) in [4.78, 5) is 0. The van der Waals surface area contributed by atoms with E-state index in [2.05, 4.69) is 53.1 Å². The van der Waals surface area contributed by atoms with Gasteiger partial charge in [-0.15, -0.1) is 0 Å². The van der Waals surface area contributed by atoms with Crippen molar-refractivity contribution < 1.29 is 4.74 Å². The number of hydrogen-bond acceptors (Lipinski definition) is 3. The third kappa shape index (κ3) is 5.66. The first kappa shape index (κ1) is 17.1. The molecule has 3 aromatic carbocycles. The summed E-state index contributed by atoms with van der Waals surface area (Å²) < 4.78 is 5.97. The lowest BCUT2D eigenvalue weighted by Gasteiger charge is -2.13. The molecule has 128 valence electrons. The van der Waals surface area contributed by atoms with Gasteiger partial charge in [-0.3, -0.25) is 0 Å². The van der Waals surface area contributed by atoms with Gasteiger partial charge in [0.1, 0.15) is 12.4 Å². The molecule has 0 saturated carbocycles. The van der Waals surface area contributed by atoms with Crippen molar-refractivity contribution in [2.24, 2.45) is 0 Å². The molecule has 0 aliphatic heterocycles. The lowest BCUT2D eigenvalue weighted by atomic mass is 10.2. The van der Waals surface area contributed by atoms with Gasteiger partial charge < -0.3 is 15.4 Å². The Kier molecular flexibility index (Phi) is 6.48. The van der Waals surface area contributed by atoms with Gasteiger partial charge in [-0.25, -0.2) is 0 Å². The predicted octanol–water partition coefficient (Wildman–Crippen LogP) is 4.47. The number of benzene rings is 3. The molecule has 0 radical (unpaired) electrons. The molecule has 0 aliphatic carbocycles. The van der Waals surface area contributed by atoms with E-state index in [9.17, 15) is 0 Å². The minimum Gasteiger partial charge on any atom is -0.487 e. The topological polar surface area (TPSA) is 33.3 Å². The molecule has 0 fully saturated rings. The van der Waals surface area contributed by atoms with E-state index in [1.807, 2.05) is 42.5 Å². The molecular formula is C22H24N2O. The zero-order chi connectivity index (χ0) is 17.2. The molecule has 3 heteroatoms. The number of hydrogen-bond donors (Lipinski definition) is 2. The standard InChI is InChI=1S/C22H24N2O/c1-3-9-19(10-4-1)17-23-15-16-24-21-13-7-8-14-22(21)25-18-20-11-5-2-6-12-20/h1-14,23-24H,15-18H2. The largest absolute Gasteiger partial charge is 0.487 e. The minimum absolute atomic E-state index is 0.575. The van der Waals surface area contributed by atoms with Crippen LogP contribution >= 0.6 is 0 Å². The van der Waals surface area contributed by atoms with Crippen LogP contribution in [0.5, 0.6) is 5.75 Å². The van der Waals surface area contributed by atoms with Crippen molar-refractivity contribution in [1.82, 2.24) is 5.32 Å². The van der Waals surface area contributed by atoms with Gasteiger partial charge in [-0.05, 0) is 23.3 Å². The van der Waals surface area contributed by atoms with Crippen LogP contribution in [-0.2, 0) is 13.2 Å². The van der Waals surface area contributed by atoms with Crippen LogP contribution in [0.25, 0.3) is 0 Å². The van der Waals surface area contributed by atoms with Gasteiger partial charge in [0.25, 0.3) is 0 Å². The Bertz CT molecular complexity index is 744. The lowest BCUT2D eigenvalue weighted by Crippen LogP contribution is -2.21. The van der Waals surface area contributed by atoms with Crippen LogP contribution < -0.4 is 15.4 Å². The molecule has 3 rings (SSSR count). The molecule has 0 spiro atoms. The van der Waals surface area contributed by atoms with Crippen molar-refractivity contribution in [3.05, 3.63) is 96.1 Å².